The zero-order valence-electron chi connectivity index (χ0n) is 24.0. The van der Waals surface area contributed by atoms with E-state index in [9.17, 15) is 18.0 Å². The van der Waals surface area contributed by atoms with Crippen LogP contribution in [0, 0.1) is 0 Å². The molecule has 0 atom stereocenters. The number of carbonyl (C=O) groups is 2. The minimum Gasteiger partial charge on any atom is -0.489 e. The lowest BCUT2D eigenvalue weighted by Gasteiger charge is -2.30. The third-order valence-corrected chi connectivity index (χ3v) is 8.27. The molecule has 2 aromatic carbocycles. The number of hydrogen-bond donors (Lipinski definition) is 1. The molecule has 0 aliphatic carbocycles. The van der Waals surface area contributed by atoms with Crippen molar-refractivity contribution in [3.05, 3.63) is 64.7 Å². The van der Waals surface area contributed by atoms with Gasteiger partial charge in [-0.2, -0.15) is 4.99 Å². The van der Waals surface area contributed by atoms with Crippen LogP contribution in [0.5, 0.6) is 5.75 Å². The molecule has 0 bridgehead atoms. The van der Waals surface area contributed by atoms with Crippen LogP contribution in [0.3, 0.4) is 0 Å². The highest BCUT2D eigenvalue weighted by molar-refractivity contribution is 7.93. The van der Waals surface area contributed by atoms with Gasteiger partial charge in [0.2, 0.25) is 10.0 Å². The summed E-state index contributed by atoms with van der Waals surface area (Å²) in [7, 11) is -2.08. The molecule has 0 saturated carbocycles. The highest BCUT2D eigenvalue weighted by atomic mass is 35.5. The Bertz CT molecular complexity index is 1410. The lowest BCUT2D eigenvalue weighted by Crippen LogP contribution is -2.36. The Morgan fingerprint density at radius 2 is 1.83 bits per heavy atom. The van der Waals surface area contributed by atoms with Gasteiger partial charge in [0, 0.05) is 18.7 Å². The standard InChI is InChI=1S/C29H37ClN4O7S/c1-4-39-27(35)20-42(37,38)34(23-11-12-26(25(30)19-23)41-24-13-16-33(3)17-14-24)15-7-9-21-8-6-10-22(18-21)28(31)32-29(36)40-5-2/h6-12,18-19,24H,4-5,13-17,20H2,1-3H3,(H2,31,32,36)/b9-7+. The predicted molar refractivity (Wildman–Crippen MR) is 164 cm³/mol. The van der Waals surface area contributed by atoms with Crippen molar-refractivity contribution in [2.24, 2.45) is 10.7 Å². The Kier molecular flexibility index (Phi) is 12.2. The Hall–Kier alpha value is -3.61. The summed E-state index contributed by atoms with van der Waals surface area (Å²) in [5.74, 6) is -1.24. The second-order valence-electron chi connectivity index (χ2n) is 9.55. The second-order valence-corrected chi connectivity index (χ2v) is 11.9. The smallest absolute Gasteiger partial charge is 0.435 e. The summed E-state index contributed by atoms with van der Waals surface area (Å²) in [5, 5.41) is 0.260. The van der Waals surface area contributed by atoms with Crippen LogP contribution in [0.15, 0.2) is 53.5 Å². The normalized spacial score (nSPS) is 15.0. The minimum atomic E-state index is -4.14. The molecule has 1 aliphatic rings. The van der Waals surface area contributed by atoms with Crippen LogP contribution in [-0.4, -0.2) is 83.0 Å². The number of hydrogen-bond acceptors (Lipinski definition) is 8. The molecule has 1 saturated heterocycles. The first kappa shape index (κ1) is 32.9. The first-order chi connectivity index (χ1) is 20.0. The third-order valence-electron chi connectivity index (χ3n) is 6.35. The SMILES string of the molecule is CCOC(=O)CS(=O)(=O)N(C/C=C/c1cccc(C(N)=NC(=O)OCC)c1)c1ccc(OC2CCN(C)CC2)c(Cl)c1. The van der Waals surface area contributed by atoms with Crippen molar-refractivity contribution in [3.8, 4) is 5.75 Å². The number of amides is 1. The number of esters is 1. The minimum absolute atomic E-state index is 0.0143. The van der Waals surface area contributed by atoms with Gasteiger partial charge in [-0.05, 0) is 63.6 Å². The molecule has 13 heteroatoms. The van der Waals surface area contributed by atoms with E-state index >= 15 is 0 Å². The van der Waals surface area contributed by atoms with Crippen molar-refractivity contribution in [3.63, 3.8) is 0 Å². The largest absolute Gasteiger partial charge is 0.489 e. The fourth-order valence-corrected chi connectivity index (χ4v) is 5.74. The van der Waals surface area contributed by atoms with Gasteiger partial charge in [0.1, 0.15) is 17.7 Å². The predicted octanol–water partition coefficient (Wildman–Crippen LogP) is 4.09. The molecule has 42 heavy (non-hydrogen) atoms. The van der Waals surface area contributed by atoms with Gasteiger partial charge in [-0.25, -0.2) is 13.2 Å². The summed E-state index contributed by atoms with van der Waals surface area (Å²) in [4.78, 5) is 29.7. The van der Waals surface area contributed by atoms with E-state index in [1.165, 1.54) is 6.07 Å². The van der Waals surface area contributed by atoms with Crippen LogP contribution in [0.2, 0.25) is 5.02 Å². The van der Waals surface area contributed by atoms with Gasteiger partial charge in [-0.1, -0.05) is 42.0 Å². The van der Waals surface area contributed by atoms with E-state index in [0.717, 1.165) is 30.2 Å². The summed E-state index contributed by atoms with van der Waals surface area (Å²) in [6, 6.07) is 11.6. The Morgan fingerprint density at radius 1 is 1.12 bits per heavy atom. The van der Waals surface area contributed by atoms with Gasteiger partial charge in [0.25, 0.3) is 0 Å². The number of nitrogens with zero attached hydrogens (tertiary/aromatic N) is 3. The third kappa shape index (κ3) is 9.74. The molecular weight excluding hydrogens is 584 g/mol. The van der Waals surface area contributed by atoms with Gasteiger partial charge >= 0.3 is 12.1 Å². The highest BCUT2D eigenvalue weighted by Crippen LogP contribution is 2.32. The van der Waals surface area contributed by atoms with E-state index in [0.29, 0.717) is 16.9 Å². The molecule has 1 amide bonds. The Balaban J connectivity index is 1.83. The molecular formula is C29H37ClN4O7S. The quantitative estimate of drug-likeness (QED) is 0.211. The topological polar surface area (TPSA) is 141 Å². The second kappa shape index (κ2) is 15.6. The van der Waals surface area contributed by atoms with Gasteiger partial charge in [0.15, 0.2) is 5.75 Å². The Labute approximate surface area is 251 Å². The van der Waals surface area contributed by atoms with E-state index in [2.05, 4.69) is 16.9 Å². The number of piperidine rings is 1. The summed E-state index contributed by atoms with van der Waals surface area (Å²) in [6.45, 7) is 5.23. The van der Waals surface area contributed by atoms with E-state index in [1.807, 2.05) is 0 Å². The van der Waals surface area contributed by atoms with E-state index in [4.69, 9.17) is 31.5 Å². The zero-order valence-corrected chi connectivity index (χ0v) is 25.6. The fourth-order valence-electron chi connectivity index (χ4n) is 4.24. The number of amidine groups is 1. The van der Waals surface area contributed by atoms with Crippen LogP contribution in [-0.2, 0) is 24.3 Å². The molecule has 1 aliphatic heterocycles. The maximum absolute atomic E-state index is 13.3. The number of ether oxygens (including phenoxy) is 3. The number of sulfonamides is 1. The highest BCUT2D eigenvalue weighted by Gasteiger charge is 2.27. The van der Waals surface area contributed by atoms with Gasteiger partial charge in [0.05, 0.1) is 30.5 Å². The zero-order chi connectivity index (χ0) is 30.7. The molecule has 11 nitrogen and oxygen atoms in total. The summed E-state index contributed by atoms with van der Waals surface area (Å²) in [5.41, 5.74) is 7.37. The van der Waals surface area contributed by atoms with E-state index in [-0.39, 0.29) is 42.4 Å². The van der Waals surface area contributed by atoms with Crippen LogP contribution >= 0.6 is 11.6 Å². The number of benzene rings is 2. The van der Waals surface area contributed by atoms with Crippen LogP contribution in [0.4, 0.5) is 10.5 Å². The molecule has 1 fully saturated rings. The lowest BCUT2D eigenvalue weighted by molar-refractivity contribution is -0.139. The molecule has 1 heterocycles. The number of anilines is 1. The van der Waals surface area contributed by atoms with Crippen molar-refractivity contribution < 1.29 is 32.2 Å². The molecule has 0 aromatic heterocycles. The number of rotatable bonds is 12. The van der Waals surface area contributed by atoms with Gasteiger partial charge < -0.3 is 24.8 Å². The molecule has 0 unspecified atom stereocenters. The van der Waals surface area contributed by atoms with Crippen LogP contribution in [0.1, 0.15) is 37.8 Å². The first-order valence-electron chi connectivity index (χ1n) is 13.6. The number of nitrogens with two attached hydrogens (primary N) is 1. The maximum atomic E-state index is 13.3. The maximum Gasteiger partial charge on any atom is 0.435 e. The van der Waals surface area contributed by atoms with Crippen molar-refractivity contribution in [1.82, 2.24) is 4.90 Å². The molecule has 2 N–H and O–H groups in total. The number of carbonyl (C=O) groups excluding carboxylic acids is 2. The number of halogens is 1. The van der Waals surface area contributed by atoms with Gasteiger partial charge in [-0.3, -0.25) is 9.10 Å². The fraction of sp³-hybridized carbons (Fsp3) is 0.414. The number of likely N-dealkylation sites (tertiary alicyclic amines) is 1. The van der Waals surface area contributed by atoms with E-state index < -0.39 is 27.8 Å². The van der Waals surface area contributed by atoms with Crippen molar-refractivity contribution >= 4 is 51.3 Å². The molecule has 0 radical (unpaired) electrons. The summed E-state index contributed by atoms with van der Waals surface area (Å²) in [6.07, 6.45) is 4.26. The van der Waals surface area contributed by atoms with E-state index in [1.54, 1.807) is 62.4 Å². The lowest BCUT2D eigenvalue weighted by atomic mass is 10.1. The Morgan fingerprint density at radius 3 is 2.50 bits per heavy atom. The van der Waals surface area contributed by atoms with Crippen molar-refractivity contribution in [2.45, 2.75) is 32.8 Å². The monoisotopic (exact) mass is 620 g/mol. The molecule has 2 aromatic rings. The van der Waals surface area contributed by atoms with Gasteiger partial charge in [-0.15, -0.1) is 0 Å². The first-order valence-corrected chi connectivity index (χ1v) is 15.6. The number of aliphatic imine (C=N–C) groups is 1. The van der Waals surface area contributed by atoms with Crippen LogP contribution < -0.4 is 14.8 Å². The summed E-state index contributed by atoms with van der Waals surface area (Å²) < 4.78 is 43.5. The summed E-state index contributed by atoms with van der Waals surface area (Å²) >= 11 is 6.54. The van der Waals surface area contributed by atoms with Crippen LogP contribution in [0.25, 0.3) is 6.08 Å². The molecule has 3 rings (SSSR count). The van der Waals surface area contributed by atoms with Crippen molar-refractivity contribution in [1.29, 1.82) is 0 Å². The van der Waals surface area contributed by atoms with Crippen molar-refractivity contribution in [2.75, 3.05) is 50.0 Å². The molecule has 228 valence electrons. The average molecular weight is 621 g/mol. The average Bonchev–Trinajstić information content (AvgIpc) is 2.93. The molecule has 0 spiro atoms.